The van der Waals surface area contributed by atoms with Gasteiger partial charge in [0.15, 0.2) is 0 Å². The van der Waals surface area contributed by atoms with Crippen molar-refractivity contribution < 1.29 is 28.3 Å². The lowest BCUT2D eigenvalue weighted by Crippen LogP contribution is -2.57. The standard InChI is InChI=1S/C30H46FN5O4.C6H9N3O/c1-5-40-17-16-35(4)30(39)33-28(29(38)36-14-12-34(3)13-15-36)20(2)23-10-11-26(25(31)18-23)32-27(37)19-24(21-6-7-21)22-8-9-22;1-2-9-5(6(7)10)3-4-8-9/h10-11,18,20-22,24,28H,5-9,12-17,19H2,1-4H3,(H,32,37)(H,33,39);3-4H,2H2,1H3,(H2,7,10). The SMILES string of the molecule is CCOCCN(C)C(=O)NC(C(=O)N1CCN(C)CC1)C(C)c1ccc(NC(=O)CC(C2CC2)C2CC2)c(F)c1.CCn1nccc1C(N)=O. The number of carbonyl (C=O) groups is 4. The van der Waals surface area contributed by atoms with Crippen molar-refractivity contribution in [1.82, 2.24) is 29.8 Å². The first-order valence-electron chi connectivity index (χ1n) is 17.9. The highest BCUT2D eigenvalue weighted by Gasteiger charge is 2.42. The number of nitrogens with zero attached hydrogens (tertiary/aromatic N) is 5. The summed E-state index contributed by atoms with van der Waals surface area (Å²) in [6, 6.07) is 5.01. The topological polar surface area (TPSA) is 155 Å². The van der Waals surface area contributed by atoms with Crippen molar-refractivity contribution in [2.75, 3.05) is 65.3 Å². The van der Waals surface area contributed by atoms with E-state index in [0.717, 1.165) is 13.1 Å². The van der Waals surface area contributed by atoms with E-state index in [2.05, 4.69) is 20.6 Å². The molecule has 1 saturated heterocycles. The maximum absolute atomic E-state index is 15.3. The summed E-state index contributed by atoms with van der Waals surface area (Å²) >= 11 is 0. The second kappa shape index (κ2) is 18.3. The fourth-order valence-corrected chi connectivity index (χ4v) is 6.40. The molecule has 5 rings (SSSR count). The summed E-state index contributed by atoms with van der Waals surface area (Å²) in [5, 5.41) is 9.55. The number of primary amides is 1. The lowest BCUT2D eigenvalue weighted by molar-refractivity contribution is -0.135. The van der Waals surface area contributed by atoms with Gasteiger partial charge in [0.2, 0.25) is 11.8 Å². The molecule has 50 heavy (non-hydrogen) atoms. The number of nitrogens with two attached hydrogens (primary N) is 1. The maximum atomic E-state index is 15.3. The van der Waals surface area contributed by atoms with Crippen LogP contribution >= 0.6 is 0 Å². The van der Waals surface area contributed by atoms with Gasteiger partial charge in [-0.25, -0.2) is 9.18 Å². The van der Waals surface area contributed by atoms with E-state index in [1.165, 1.54) is 36.6 Å². The van der Waals surface area contributed by atoms with Crippen LogP contribution in [0, 0.1) is 23.6 Å². The molecule has 14 heteroatoms. The summed E-state index contributed by atoms with van der Waals surface area (Å²) < 4.78 is 22.2. The number of nitrogens with one attached hydrogen (secondary N) is 2. The number of hydrogen-bond donors (Lipinski definition) is 3. The minimum Gasteiger partial charge on any atom is -0.380 e. The van der Waals surface area contributed by atoms with Gasteiger partial charge < -0.3 is 35.8 Å². The Morgan fingerprint density at radius 3 is 2.26 bits per heavy atom. The van der Waals surface area contributed by atoms with Crippen molar-refractivity contribution in [2.24, 2.45) is 23.5 Å². The van der Waals surface area contributed by atoms with Crippen LogP contribution in [0.3, 0.4) is 0 Å². The Kier molecular flexibility index (Phi) is 14.2. The molecule has 276 valence electrons. The van der Waals surface area contributed by atoms with Crippen LogP contribution in [0.1, 0.15) is 74.8 Å². The third-order valence-electron chi connectivity index (χ3n) is 9.92. The van der Waals surface area contributed by atoms with Crippen molar-refractivity contribution in [2.45, 2.75) is 71.4 Å². The Bertz CT molecular complexity index is 1440. The number of amides is 5. The molecule has 1 aromatic heterocycles. The van der Waals surface area contributed by atoms with Crippen LogP contribution in [-0.4, -0.2) is 114 Å². The molecule has 3 aliphatic rings. The molecule has 0 spiro atoms. The lowest BCUT2D eigenvalue weighted by Gasteiger charge is -2.36. The second-order valence-corrected chi connectivity index (χ2v) is 13.7. The van der Waals surface area contributed by atoms with Crippen molar-refractivity contribution in [3.63, 3.8) is 0 Å². The number of urea groups is 1. The molecule has 1 aliphatic heterocycles. The summed E-state index contributed by atoms with van der Waals surface area (Å²) in [6.07, 6.45) is 6.79. The van der Waals surface area contributed by atoms with Crippen LogP contribution in [0.2, 0.25) is 0 Å². The molecule has 2 saturated carbocycles. The number of aromatic nitrogens is 2. The molecular formula is C36H55FN8O5. The van der Waals surface area contributed by atoms with Gasteiger partial charge in [0.1, 0.15) is 17.6 Å². The minimum atomic E-state index is -0.872. The van der Waals surface area contributed by atoms with E-state index in [1.54, 1.807) is 41.0 Å². The Labute approximate surface area is 295 Å². The highest BCUT2D eigenvalue weighted by Crippen LogP contribution is 2.50. The predicted molar refractivity (Wildman–Crippen MR) is 189 cm³/mol. The Balaban J connectivity index is 0.000000482. The third kappa shape index (κ3) is 11.0. The zero-order chi connectivity index (χ0) is 36.4. The van der Waals surface area contributed by atoms with Crippen molar-refractivity contribution in [3.05, 3.63) is 47.5 Å². The van der Waals surface area contributed by atoms with E-state index >= 15 is 4.39 Å². The number of aryl methyl sites for hydroxylation is 1. The van der Waals surface area contributed by atoms with Gasteiger partial charge in [-0.2, -0.15) is 5.10 Å². The highest BCUT2D eigenvalue weighted by molar-refractivity contribution is 5.92. The molecule has 2 aliphatic carbocycles. The smallest absolute Gasteiger partial charge is 0.317 e. The number of halogens is 1. The number of likely N-dealkylation sites (N-methyl/N-ethyl adjacent to an activating group) is 2. The normalized spacial score (nSPS) is 17.4. The number of ether oxygens (including phenoxy) is 1. The first-order chi connectivity index (χ1) is 23.9. The number of anilines is 1. The largest absolute Gasteiger partial charge is 0.380 e. The molecule has 3 fully saturated rings. The van der Waals surface area contributed by atoms with Crippen LogP contribution in [0.5, 0.6) is 0 Å². The summed E-state index contributed by atoms with van der Waals surface area (Å²) in [5.74, 6) is -0.0877. The van der Waals surface area contributed by atoms with Gasteiger partial charge in [-0.05, 0) is 88.1 Å². The van der Waals surface area contributed by atoms with E-state index in [1.807, 2.05) is 27.8 Å². The van der Waals surface area contributed by atoms with Crippen molar-refractivity contribution >= 4 is 29.4 Å². The van der Waals surface area contributed by atoms with E-state index in [-0.39, 0.29) is 23.5 Å². The monoisotopic (exact) mass is 698 g/mol. The van der Waals surface area contributed by atoms with Gasteiger partial charge in [0.25, 0.3) is 5.91 Å². The second-order valence-electron chi connectivity index (χ2n) is 13.7. The molecule has 1 aromatic carbocycles. The molecule has 4 N–H and O–H groups in total. The van der Waals surface area contributed by atoms with Crippen LogP contribution in [0.25, 0.3) is 0 Å². The molecule has 13 nitrogen and oxygen atoms in total. The average molecular weight is 699 g/mol. The average Bonchev–Trinajstić information content (AvgIpc) is 4.05. The van der Waals surface area contributed by atoms with Gasteiger partial charge >= 0.3 is 6.03 Å². The lowest BCUT2D eigenvalue weighted by atomic mass is 9.91. The van der Waals surface area contributed by atoms with Crippen molar-refractivity contribution in [3.8, 4) is 0 Å². The summed E-state index contributed by atoms with van der Waals surface area (Å²) in [6.45, 7) is 10.3. The van der Waals surface area contributed by atoms with Crippen LogP contribution in [-0.2, 0) is 20.9 Å². The van der Waals surface area contributed by atoms with Gasteiger partial charge in [-0.3, -0.25) is 19.1 Å². The molecular weight excluding hydrogens is 643 g/mol. The zero-order valence-electron chi connectivity index (χ0n) is 30.2. The summed E-state index contributed by atoms with van der Waals surface area (Å²) in [7, 11) is 3.67. The molecule has 0 bridgehead atoms. The number of piperazine rings is 1. The van der Waals surface area contributed by atoms with Gasteiger partial charge in [0.05, 0.1) is 12.3 Å². The molecule has 2 atom stereocenters. The van der Waals surface area contributed by atoms with Crippen LogP contribution < -0.4 is 16.4 Å². The number of rotatable bonds is 15. The summed E-state index contributed by atoms with van der Waals surface area (Å²) in [4.78, 5) is 55.4. The van der Waals surface area contributed by atoms with E-state index in [4.69, 9.17) is 10.5 Å². The van der Waals surface area contributed by atoms with Gasteiger partial charge in [-0.1, -0.05) is 13.0 Å². The number of hydrogen-bond acceptors (Lipinski definition) is 7. The summed E-state index contributed by atoms with van der Waals surface area (Å²) in [5.41, 5.74) is 6.22. The quantitative estimate of drug-likeness (QED) is 0.241. The van der Waals surface area contributed by atoms with Crippen LogP contribution in [0.4, 0.5) is 14.9 Å². The zero-order valence-corrected chi connectivity index (χ0v) is 30.2. The first-order valence-corrected chi connectivity index (χ1v) is 17.9. The maximum Gasteiger partial charge on any atom is 0.317 e. The first kappa shape index (κ1) is 38.8. The molecule has 0 radical (unpaired) electrons. The molecule has 5 amide bonds. The fraction of sp³-hybridized carbons (Fsp3) is 0.639. The predicted octanol–water partition coefficient (Wildman–Crippen LogP) is 3.52. The third-order valence-corrected chi connectivity index (χ3v) is 9.92. The van der Waals surface area contributed by atoms with E-state index in [9.17, 15) is 19.2 Å². The van der Waals surface area contributed by atoms with Gasteiger partial charge in [0, 0.05) is 71.5 Å². The number of benzene rings is 1. The van der Waals surface area contributed by atoms with E-state index in [0.29, 0.717) is 74.8 Å². The molecule has 2 heterocycles. The van der Waals surface area contributed by atoms with Crippen molar-refractivity contribution in [1.29, 1.82) is 0 Å². The van der Waals surface area contributed by atoms with Crippen LogP contribution in [0.15, 0.2) is 30.5 Å². The Morgan fingerprint density at radius 2 is 1.72 bits per heavy atom. The van der Waals surface area contributed by atoms with E-state index < -0.39 is 23.7 Å². The van der Waals surface area contributed by atoms with Gasteiger partial charge in [-0.15, -0.1) is 0 Å². The fourth-order valence-electron chi connectivity index (χ4n) is 6.40. The Hall–Kier alpha value is -4.04. The molecule has 2 unspecified atom stereocenters. The highest BCUT2D eigenvalue weighted by atomic mass is 19.1. The number of carbonyl (C=O) groups excluding carboxylic acids is 4. The Morgan fingerprint density at radius 1 is 1.06 bits per heavy atom. The molecule has 2 aromatic rings. The minimum absolute atomic E-state index is 0.144.